The molecule has 0 saturated heterocycles. The molecule has 0 aromatic rings. The molecule has 0 aromatic heterocycles. The van der Waals surface area contributed by atoms with Crippen LogP contribution in [0.2, 0.25) is 0 Å². The fourth-order valence-corrected chi connectivity index (χ4v) is 0.410. The molecule has 0 spiro atoms. The molecule has 0 fully saturated rings. The number of rotatable bonds is 0. The fourth-order valence-electron chi connectivity index (χ4n) is 0.410. The molecular weight excluding hydrogens is 102 g/mol. The summed E-state index contributed by atoms with van der Waals surface area (Å²) >= 11 is 0. The van der Waals surface area contributed by atoms with Gasteiger partial charge in [-0.1, -0.05) is 0 Å². The minimum Gasteiger partial charge on any atom is -0.468 e. The topological polar surface area (TPSA) is 21.6 Å². The third kappa shape index (κ3) is 1.22. The summed E-state index contributed by atoms with van der Waals surface area (Å²) in [7, 11) is 0. The van der Waals surface area contributed by atoms with Crippen molar-refractivity contribution in [3.8, 4) is 0 Å². The molecule has 0 N–H and O–H groups in total. The van der Waals surface area contributed by atoms with Crippen LogP contribution in [0.3, 0.4) is 0 Å². The SMILES string of the molecule is CC1=CN=CC=CO1. The van der Waals surface area contributed by atoms with E-state index in [4.69, 9.17) is 4.74 Å². The highest BCUT2D eigenvalue weighted by molar-refractivity contribution is 5.71. The lowest BCUT2D eigenvalue weighted by Gasteiger charge is -1.91. The maximum Gasteiger partial charge on any atom is 0.118 e. The Hall–Kier alpha value is -1.05. The maximum atomic E-state index is 4.96. The molecule has 0 radical (unpaired) electrons. The monoisotopic (exact) mass is 109 g/mol. The van der Waals surface area contributed by atoms with E-state index >= 15 is 0 Å². The molecule has 1 aliphatic heterocycles. The van der Waals surface area contributed by atoms with E-state index in [0.29, 0.717) is 0 Å². The fraction of sp³-hybridized carbons (Fsp3) is 0.167. The molecule has 0 bridgehead atoms. The number of hydrogen-bond acceptors (Lipinski definition) is 2. The van der Waals surface area contributed by atoms with E-state index < -0.39 is 0 Å². The third-order valence-electron chi connectivity index (χ3n) is 0.761. The van der Waals surface area contributed by atoms with E-state index in [9.17, 15) is 0 Å². The summed E-state index contributed by atoms with van der Waals surface area (Å²) in [5.74, 6) is 0.815. The highest BCUT2D eigenvalue weighted by atomic mass is 16.5. The maximum absolute atomic E-state index is 4.96. The quantitative estimate of drug-likeness (QED) is 0.461. The van der Waals surface area contributed by atoms with Crippen molar-refractivity contribution >= 4 is 6.21 Å². The van der Waals surface area contributed by atoms with Crippen molar-refractivity contribution in [1.29, 1.82) is 0 Å². The Kier molecular flexibility index (Phi) is 1.47. The van der Waals surface area contributed by atoms with Crippen LogP contribution in [-0.4, -0.2) is 6.21 Å². The van der Waals surface area contributed by atoms with Gasteiger partial charge in [-0.15, -0.1) is 0 Å². The first-order valence-electron chi connectivity index (χ1n) is 2.41. The molecule has 0 unspecified atom stereocenters. The van der Waals surface area contributed by atoms with Crippen molar-refractivity contribution in [1.82, 2.24) is 0 Å². The van der Waals surface area contributed by atoms with E-state index in [2.05, 4.69) is 4.99 Å². The van der Waals surface area contributed by atoms with Crippen LogP contribution in [0.15, 0.2) is 29.3 Å². The van der Waals surface area contributed by atoms with Crippen molar-refractivity contribution in [3.05, 3.63) is 24.3 Å². The Morgan fingerprint density at radius 3 is 3.38 bits per heavy atom. The van der Waals surface area contributed by atoms with Crippen LogP contribution in [0, 0.1) is 0 Å². The average molecular weight is 109 g/mol. The number of nitrogens with zero attached hydrogens (tertiary/aromatic N) is 1. The largest absolute Gasteiger partial charge is 0.468 e. The lowest BCUT2D eigenvalue weighted by atomic mass is 10.6. The van der Waals surface area contributed by atoms with Crippen molar-refractivity contribution in [3.63, 3.8) is 0 Å². The zero-order valence-corrected chi connectivity index (χ0v) is 4.66. The van der Waals surface area contributed by atoms with Crippen LogP contribution in [0.1, 0.15) is 6.92 Å². The Balaban J connectivity index is 2.69. The highest BCUT2D eigenvalue weighted by Crippen LogP contribution is 1.97. The number of aliphatic imine (C=N–C) groups is 1. The molecule has 0 saturated carbocycles. The van der Waals surface area contributed by atoms with Crippen molar-refractivity contribution < 1.29 is 4.74 Å². The van der Waals surface area contributed by atoms with E-state index in [1.54, 1.807) is 24.8 Å². The molecule has 1 aliphatic rings. The molecule has 2 heteroatoms. The predicted octanol–water partition coefficient (Wildman–Crippen LogP) is 1.46. The van der Waals surface area contributed by atoms with Gasteiger partial charge in [-0.05, 0) is 13.0 Å². The summed E-state index contributed by atoms with van der Waals surface area (Å²) in [6.07, 6.45) is 6.69. The van der Waals surface area contributed by atoms with Gasteiger partial charge in [-0.25, -0.2) is 0 Å². The highest BCUT2D eigenvalue weighted by Gasteiger charge is 1.83. The second kappa shape index (κ2) is 2.31. The van der Waals surface area contributed by atoms with Gasteiger partial charge in [-0.2, -0.15) is 0 Å². The van der Waals surface area contributed by atoms with Crippen molar-refractivity contribution in [2.24, 2.45) is 4.99 Å². The van der Waals surface area contributed by atoms with Crippen LogP contribution in [0.5, 0.6) is 0 Å². The zero-order chi connectivity index (χ0) is 5.82. The van der Waals surface area contributed by atoms with Crippen molar-refractivity contribution in [2.45, 2.75) is 6.92 Å². The lowest BCUT2D eigenvalue weighted by molar-refractivity contribution is 0.353. The van der Waals surface area contributed by atoms with Gasteiger partial charge in [0, 0.05) is 6.21 Å². The first kappa shape index (κ1) is 5.09. The van der Waals surface area contributed by atoms with Gasteiger partial charge in [0.1, 0.15) is 5.76 Å². The minimum atomic E-state index is 0.815. The van der Waals surface area contributed by atoms with Gasteiger partial charge in [0.25, 0.3) is 0 Å². The van der Waals surface area contributed by atoms with E-state index in [0.717, 1.165) is 5.76 Å². The normalized spacial score (nSPS) is 16.9. The van der Waals surface area contributed by atoms with Crippen molar-refractivity contribution in [2.75, 3.05) is 0 Å². The average Bonchev–Trinajstić information content (AvgIpc) is 1.94. The van der Waals surface area contributed by atoms with Gasteiger partial charge in [0.2, 0.25) is 0 Å². The van der Waals surface area contributed by atoms with E-state index in [1.807, 2.05) is 6.92 Å². The van der Waals surface area contributed by atoms with Crippen LogP contribution >= 0.6 is 0 Å². The Bertz CT molecular complexity index is 156. The van der Waals surface area contributed by atoms with Gasteiger partial charge >= 0.3 is 0 Å². The molecule has 42 valence electrons. The smallest absolute Gasteiger partial charge is 0.118 e. The second-order valence-corrected chi connectivity index (χ2v) is 1.48. The molecule has 0 aromatic carbocycles. The molecule has 8 heavy (non-hydrogen) atoms. The van der Waals surface area contributed by atoms with E-state index in [-0.39, 0.29) is 0 Å². The van der Waals surface area contributed by atoms with Gasteiger partial charge in [-0.3, -0.25) is 4.99 Å². The Morgan fingerprint density at radius 2 is 2.50 bits per heavy atom. The van der Waals surface area contributed by atoms with Crippen LogP contribution in [0.4, 0.5) is 0 Å². The summed E-state index contributed by atoms with van der Waals surface area (Å²) < 4.78 is 4.96. The molecule has 0 aliphatic carbocycles. The van der Waals surface area contributed by atoms with Gasteiger partial charge in [0.15, 0.2) is 0 Å². The molecule has 1 rings (SSSR count). The standard InChI is InChI=1S/C6H7NO/c1-6-5-7-3-2-4-8-6/h2-5H,1H3. The van der Waals surface area contributed by atoms with Crippen LogP contribution < -0.4 is 0 Å². The summed E-state index contributed by atoms with van der Waals surface area (Å²) in [5.41, 5.74) is 0. The molecule has 2 nitrogen and oxygen atoms in total. The summed E-state index contributed by atoms with van der Waals surface area (Å²) in [4.78, 5) is 3.85. The molecule has 0 atom stereocenters. The number of hydrogen-bond donors (Lipinski definition) is 0. The number of allylic oxidation sites excluding steroid dienone is 2. The van der Waals surface area contributed by atoms with Gasteiger partial charge in [0.05, 0.1) is 12.5 Å². The van der Waals surface area contributed by atoms with E-state index in [1.165, 1.54) is 0 Å². The second-order valence-electron chi connectivity index (χ2n) is 1.48. The number of ether oxygens (including phenoxy) is 1. The predicted molar refractivity (Wildman–Crippen MR) is 32.5 cm³/mol. The lowest BCUT2D eigenvalue weighted by Crippen LogP contribution is -1.72. The first-order chi connectivity index (χ1) is 3.89. The summed E-state index contributed by atoms with van der Waals surface area (Å²) in [5, 5.41) is 0. The molecule has 0 amide bonds. The minimum absolute atomic E-state index is 0.815. The zero-order valence-electron chi connectivity index (χ0n) is 4.66. The molecular formula is C6H7NO. The summed E-state index contributed by atoms with van der Waals surface area (Å²) in [6, 6.07) is 0. The Morgan fingerprint density at radius 1 is 1.62 bits per heavy atom. The summed E-state index contributed by atoms with van der Waals surface area (Å²) in [6.45, 7) is 1.85. The Labute approximate surface area is 48.2 Å². The first-order valence-corrected chi connectivity index (χ1v) is 2.41. The van der Waals surface area contributed by atoms with Gasteiger partial charge < -0.3 is 4.74 Å². The third-order valence-corrected chi connectivity index (χ3v) is 0.761. The van der Waals surface area contributed by atoms with Crippen LogP contribution in [-0.2, 0) is 4.74 Å². The van der Waals surface area contributed by atoms with Crippen LogP contribution in [0.25, 0.3) is 0 Å². The molecule has 1 heterocycles.